The van der Waals surface area contributed by atoms with Crippen molar-refractivity contribution in [1.82, 2.24) is 4.90 Å². The van der Waals surface area contributed by atoms with Crippen molar-refractivity contribution in [3.8, 4) is 0 Å². The largest absolute Gasteiger partial charge is 0.341 e. The van der Waals surface area contributed by atoms with Gasteiger partial charge in [0.1, 0.15) is 5.41 Å². The van der Waals surface area contributed by atoms with E-state index < -0.39 is 5.41 Å². The number of hydrogen-bond acceptors (Lipinski definition) is 2. The van der Waals surface area contributed by atoms with Crippen LogP contribution in [-0.2, 0) is 9.59 Å². The zero-order valence-electron chi connectivity index (χ0n) is 9.59. The summed E-state index contributed by atoms with van der Waals surface area (Å²) in [5, 5.41) is 0. The number of nitrogens with zero attached hydrogens (tertiary/aromatic N) is 1. The zero-order valence-corrected chi connectivity index (χ0v) is 9.59. The Kier molecular flexibility index (Phi) is 1.88. The lowest BCUT2D eigenvalue weighted by molar-refractivity contribution is -0.140. The average molecular weight is 207 g/mol. The fourth-order valence-corrected chi connectivity index (χ4v) is 2.95. The van der Waals surface area contributed by atoms with E-state index in [0.717, 1.165) is 5.57 Å². The Balaban J connectivity index is 2.47. The van der Waals surface area contributed by atoms with Crippen LogP contribution in [0.3, 0.4) is 0 Å². The van der Waals surface area contributed by atoms with E-state index in [9.17, 15) is 9.59 Å². The molecule has 0 aromatic heterocycles. The Labute approximate surface area is 90.1 Å². The molecule has 0 unspecified atom stereocenters. The van der Waals surface area contributed by atoms with Gasteiger partial charge in [-0.15, -0.1) is 0 Å². The number of likely N-dealkylation sites (N-methyl/N-ethyl adjacent to an activating group) is 1. The standard InChI is InChI=1S/C12H17NO2/c1-8-6-13(4)10(15)12(8)7-11(2,3)5-9(12)14/h1,5-7H2,2-4H3/t12-/m1/s1. The summed E-state index contributed by atoms with van der Waals surface area (Å²) in [5.41, 5.74) is -0.162. The van der Waals surface area contributed by atoms with Crippen molar-refractivity contribution < 1.29 is 9.59 Å². The molecule has 0 N–H and O–H groups in total. The number of likely N-dealkylation sites (tertiary alicyclic amines) is 1. The van der Waals surface area contributed by atoms with Crippen LogP contribution in [0.4, 0.5) is 0 Å². The molecule has 3 heteroatoms. The predicted molar refractivity (Wildman–Crippen MR) is 57.2 cm³/mol. The Morgan fingerprint density at radius 3 is 2.27 bits per heavy atom. The third-order valence-corrected chi connectivity index (χ3v) is 3.60. The van der Waals surface area contributed by atoms with E-state index in [1.54, 1.807) is 11.9 Å². The number of hydrogen-bond donors (Lipinski definition) is 0. The van der Waals surface area contributed by atoms with Crippen LogP contribution in [0.1, 0.15) is 26.7 Å². The van der Waals surface area contributed by atoms with Gasteiger partial charge < -0.3 is 4.90 Å². The van der Waals surface area contributed by atoms with Gasteiger partial charge in [0, 0.05) is 20.0 Å². The predicted octanol–water partition coefficient (Wildman–Crippen LogP) is 1.39. The molecule has 1 aliphatic heterocycles. The number of amides is 1. The molecule has 1 amide bonds. The maximum Gasteiger partial charge on any atom is 0.240 e. The first-order valence-corrected chi connectivity index (χ1v) is 5.27. The minimum Gasteiger partial charge on any atom is -0.341 e. The van der Waals surface area contributed by atoms with Crippen LogP contribution in [0.2, 0.25) is 0 Å². The summed E-state index contributed by atoms with van der Waals surface area (Å²) in [6.07, 6.45) is 1.12. The molecule has 3 nitrogen and oxygen atoms in total. The first-order chi connectivity index (χ1) is 6.79. The van der Waals surface area contributed by atoms with E-state index in [0.29, 0.717) is 19.4 Å². The molecule has 15 heavy (non-hydrogen) atoms. The summed E-state index contributed by atoms with van der Waals surface area (Å²) in [4.78, 5) is 25.8. The summed E-state index contributed by atoms with van der Waals surface area (Å²) in [6.45, 7) is 8.53. The van der Waals surface area contributed by atoms with Crippen molar-refractivity contribution in [2.24, 2.45) is 10.8 Å². The van der Waals surface area contributed by atoms with Crippen LogP contribution in [0, 0.1) is 10.8 Å². The highest BCUT2D eigenvalue weighted by molar-refractivity contribution is 6.12. The smallest absolute Gasteiger partial charge is 0.240 e. The van der Waals surface area contributed by atoms with Crippen LogP contribution < -0.4 is 0 Å². The first-order valence-electron chi connectivity index (χ1n) is 5.27. The molecule has 82 valence electrons. The Bertz CT molecular complexity index is 370. The molecule has 1 saturated carbocycles. The second-order valence-corrected chi connectivity index (χ2v) is 5.61. The highest BCUT2D eigenvalue weighted by atomic mass is 16.2. The van der Waals surface area contributed by atoms with Crippen molar-refractivity contribution in [1.29, 1.82) is 0 Å². The lowest BCUT2D eigenvalue weighted by Gasteiger charge is -2.23. The fraction of sp³-hybridized carbons (Fsp3) is 0.667. The van der Waals surface area contributed by atoms with Gasteiger partial charge in [0.05, 0.1) is 0 Å². The maximum absolute atomic E-state index is 12.1. The topological polar surface area (TPSA) is 37.4 Å². The number of ketones is 1. The van der Waals surface area contributed by atoms with Gasteiger partial charge in [-0.05, 0) is 17.4 Å². The Morgan fingerprint density at radius 2 is 1.93 bits per heavy atom. The molecule has 0 aromatic rings. The number of carbonyl (C=O) groups excluding carboxylic acids is 2. The normalized spacial score (nSPS) is 34.6. The van der Waals surface area contributed by atoms with E-state index in [4.69, 9.17) is 0 Å². The molecule has 0 aromatic carbocycles. The van der Waals surface area contributed by atoms with Gasteiger partial charge in [-0.3, -0.25) is 9.59 Å². The molecule has 1 heterocycles. The molecule has 0 radical (unpaired) electrons. The molecule has 1 spiro atoms. The second-order valence-electron chi connectivity index (χ2n) is 5.61. The van der Waals surface area contributed by atoms with Crippen LogP contribution in [0.5, 0.6) is 0 Å². The number of carbonyl (C=O) groups is 2. The second kappa shape index (κ2) is 2.71. The van der Waals surface area contributed by atoms with Crippen molar-refractivity contribution in [2.45, 2.75) is 26.7 Å². The fourth-order valence-electron chi connectivity index (χ4n) is 2.95. The third kappa shape index (κ3) is 1.18. The summed E-state index contributed by atoms with van der Waals surface area (Å²) in [6, 6.07) is 0. The van der Waals surface area contributed by atoms with Gasteiger partial charge in [0.15, 0.2) is 5.78 Å². The zero-order chi connectivity index (χ0) is 11.4. The molecule has 0 bridgehead atoms. The SMILES string of the molecule is C=C1CN(C)C(=O)[C@]12CC(C)(C)CC2=O. The van der Waals surface area contributed by atoms with Crippen molar-refractivity contribution in [3.63, 3.8) is 0 Å². The van der Waals surface area contributed by atoms with E-state index in [2.05, 4.69) is 6.58 Å². The van der Waals surface area contributed by atoms with E-state index in [1.807, 2.05) is 13.8 Å². The molecule has 1 saturated heterocycles. The number of Topliss-reactive ketones (excluding diaryl/α,β-unsaturated/α-hetero) is 1. The van der Waals surface area contributed by atoms with Crippen molar-refractivity contribution >= 4 is 11.7 Å². The van der Waals surface area contributed by atoms with E-state index in [1.165, 1.54) is 0 Å². The van der Waals surface area contributed by atoms with Gasteiger partial charge in [-0.1, -0.05) is 20.4 Å². The Hall–Kier alpha value is -1.12. The van der Waals surface area contributed by atoms with Crippen LogP contribution in [0.25, 0.3) is 0 Å². The van der Waals surface area contributed by atoms with Crippen molar-refractivity contribution in [3.05, 3.63) is 12.2 Å². The summed E-state index contributed by atoms with van der Waals surface area (Å²) in [5.74, 6) is 0.00919. The minimum atomic E-state index is -0.877. The summed E-state index contributed by atoms with van der Waals surface area (Å²) in [7, 11) is 1.74. The molecular formula is C12H17NO2. The van der Waals surface area contributed by atoms with Gasteiger partial charge in [-0.2, -0.15) is 0 Å². The number of rotatable bonds is 0. The molecule has 1 aliphatic carbocycles. The lowest BCUT2D eigenvalue weighted by atomic mass is 9.77. The maximum atomic E-state index is 12.1. The van der Waals surface area contributed by atoms with E-state index in [-0.39, 0.29) is 17.1 Å². The molecule has 2 aliphatic rings. The Morgan fingerprint density at radius 1 is 1.33 bits per heavy atom. The van der Waals surface area contributed by atoms with Gasteiger partial charge in [0.25, 0.3) is 0 Å². The first kappa shape index (κ1) is 10.4. The lowest BCUT2D eigenvalue weighted by Crippen LogP contribution is -2.36. The van der Waals surface area contributed by atoms with E-state index >= 15 is 0 Å². The average Bonchev–Trinajstić information content (AvgIpc) is 2.44. The monoisotopic (exact) mass is 207 g/mol. The molecule has 2 rings (SSSR count). The minimum absolute atomic E-state index is 0.0527. The van der Waals surface area contributed by atoms with Crippen LogP contribution in [-0.4, -0.2) is 30.2 Å². The van der Waals surface area contributed by atoms with Gasteiger partial charge in [-0.25, -0.2) is 0 Å². The summed E-state index contributed by atoms with van der Waals surface area (Å²) < 4.78 is 0. The highest BCUT2D eigenvalue weighted by Gasteiger charge is 2.60. The third-order valence-electron chi connectivity index (χ3n) is 3.60. The quantitative estimate of drug-likeness (QED) is 0.444. The molecular weight excluding hydrogens is 190 g/mol. The molecule has 2 fully saturated rings. The van der Waals surface area contributed by atoms with Crippen LogP contribution in [0.15, 0.2) is 12.2 Å². The highest BCUT2D eigenvalue weighted by Crippen LogP contribution is 2.53. The van der Waals surface area contributed by atoms with Crippen LogP contribution >= 0.6 is 0 Å². The van der Waals surface area contributed by atoms with Gasteiger partial charge in [0.2, 0.25) is 5.91 Å². The summed E-state index contributed by atoms with van der Waals surface area (Å²) >= 11 is 0. The van der Waals surface area contributed by atoms with Gasteiger partial charge >= 0.3 is 0 Å². The van der Waals surface area contributed by atoms with Crippen molar-refractivity contribution in [2.75, 3.05) is 13.6 Å². The molecule has 1 atom stereocenters.